The van der Waals surface area contributed by atoms with E-state index in [9.17, 15) is 14.7 Å². The van der Waals surface area contributed by atoms with E-state index >= 15 is 0 Å². The molecule has 0 spiro atoms. The summed E-state index contributed by atoms with van der Waals surface area (Å²) in [6.07, 6.45) is 1.82. The number of phenols is 1. The fourth-order valence-corrected chi connectivity index (χ4v) is 3.25. The highest BCUT2D eigenvalue weighted by Crippen LogP contribution is 2.30. The van der Waals surface area contributed by atoms with E-state index in [1.807, 2.05) is 51.1 Å². The van der Waals surface area contributed by atoms with Crippen molar-refractivity contribution in [2.45, 2.75) is 39.3 Å². The number of carbonyl (C=O) groups excluding carboxylic acids is 2. The molecule has 0 saturated heterocycles. The van der Waals surface area contributed by atoms with Crippen molar-refractivity contribution in [2.75, 3.05) is 18.0 Å². The van der Waals surface area contributed by atoms with Crippen LogP contribution in [0.4, 0.5) is 10.5 Å². The van der Waals surface area contributed by atoms with Gasteiger partial charge < -0.3 is 19.6 Å². The van der Waals surface area contributed by atoms with Crippen LogP contribution >= 0.6 is 0 Å². The third kappa shape index (κ3) is 5.41. The van der Waals surface area contributed by atoms with Gasteiger partial charge in [-0.2, -0.15) is 0 Å². The van der Waals surface area contributed by atoms with Crippen molar-refractivity contribution < 1.29 is 19.4 Å². The lowest BCUT2D eigenvalue weighted by molar-refractivity contribution is -0.115. The number of benzene rings is 2. The second-order valence-electron chi connectivity index (χ2n) is 8.27. The van der Waals surface area contributed by atoms with E-state index in [2.05, 4.69) is 0 Å². The molecule has 1 aliphatic heterocycles. The fraction of sp³-hybridized carbons (Fsp3) is 0.333. The van der Waals surface area contributed by atoms with E-state index in [0.29, 0.717) is 37.3 Å². The molecule has 158 valence electrons. The SMILES string of the molecule is CC(C)(C)OC(=O)N1CC=C(C(=O)N(Cc2ccccc2)c2ccccc2O)CC1. The predicted octanol–water partition coefficient (Wildman–Crippen LogP) is 4.49. The van der Waals surface area contributed by atoms with E-state index in [0.717, 1.165) is 5.56 Å². The molecule has 0 saturated carbocycles. The Labute approximate surface area is 177 Å². The van der Waals surface area contributed by atoms with Crippen molar-refractivity contribution in [3.63, 3.8) is 0 Å². The van der Waals surface area contributed by atoms with Crippen LogP contribution in [0, 0.1) is 0 Å². The maximum Gasteiger partial charge on any atom is 0.410 e. The molecule has 30 heavy (non-hydrogen) atoms. The Morgan fingerprint density at radius 2 is 1.73 bits per heavy atom. The van der Waals surface area contributed by atoms with Crippen molar-refractivity contribution in [3.05, 3.63) is 71.8 Å². The van der Waals surface area contributed by atoms with Gasteiger partial charge in [-0.3, -0.25) is 4.79 Å². The molecule has 1 aliphatic rings. The van der Waals surface area contributed by atoms with Crippen LogP contribution in [-0.4, -0.2) is 40.7 Å². The zero-order valence-electron chi connectivity index (χ0n) is 17.7. The van der Waals surface area contributed by atoms with Crippen LogP contribution in [0.3, 0.4) is 0 Å². The molecule has 1 N–H and O–H groups in total. The van der Waals surface area contributed by atoms with Crippen LogP contribution in [0.5, 0.6) is 5.75 Å². The molecule has 0 unspecified atom stereocenters. The van der Waals surface area contributed by atoms with Crippen LogP contribution in [0.2, 0.25) is 0 Å². The van der Waals surface area contributed by atoms with E-state index in [-0.39, 0.29) is 17.7 Å². The molecular weight excluding hydrogens is 380 g/mol. The Morgan fingerprint density at radius 3 is 2.33 bits per heavy atom. The molecule has 0 bridgehead atoms. The van der Waals surface area contributed by atoms with Gasteiger partial charge >= 0.3 is 6.09 Å². The molecular formula is C24H28N2O4. The molecule has 0 aliphatic carbocycles. The summed E-state index contributed by atoms with van der Waals surface area (Å²) < 4.78 is 5.41. The normalized spacial score (nSPS) is 14.1. The smallest absolute Gasteiger partial charge is 0.410 e. The number of carbonyl (C=O) groups is 2. The van der Waals surface area contributed by atoms with Gasteiger partial charge in [-0.05, 0) is 44.9 Å². The van der Waals surface area contributed by atoms with E-state index < -0.39 is 5.60 Å². The zero-order valence-corrected chi connectivity index (χ0v) is 17.7. The molecule has 2 aromatic rings. The van der Waals surface area contributed by atoms with Crippen LogP contribution < -0.4 is 4.90 Å². The summed E-state index contributed by atoms with van der Waals surface area (Å²) in [5, 5.41) is 10.3. The molecule has 0 fully saturated rings. The van der Waals surface area contributed by atoms with Crippen molar-refractivity contribution in [3.8, 4) is 5.75 Å². The largest absolute Gasteiger partial charge is 0.506 e. The monoisotopic (exact) mass is 408 g/mol. The van der Waals surface area contributed by atoms with Gasteiger partial charge in [0.2, 0.25) is 0 Å². The third-order valence-corrected chi connectivity index (χ3v) is 4.74. The van der Waals surface area contributed by atoms with Gasteiger partial charge in [-0.1, -0.05) is 48.5 Å². The number of nitrogens with zero attached hydrogens (tertiary/aromatic N) is 2. The zero-order chi connectivity index (χ0) is 21.7. The fourth-order valence-electron chi connectivity index (χ4n) is 3.25. The number of para-hydroxylation sites is 2. The molecule has 3 rings (SSSR count). The van der Waals surface area contributed by atoms with Gasteiger partial charge in [0.15, 0.2) is 0 Å². The summed E-state index contributed by atoms with van der Waals surface area (Å²) in [4.78, 5) is 28.8. The minimum atomic E-state index is -0.561. The summed E-state index contributed by atoms with van der Waals surface area (Å²) >= 11 is 0. The topological polar surface area (TPSA) is 70.1 Å². The first-order valence-electron chi connectivity index (χ1n) is 10.1. The lowest BCUT2D eigenvalue weighted by atomic mass is 10.1. The number of hydrogen-bond donors (Lipinski definition) is 1. The predicted molar refractivity (Wildman–Crippen MR) is 116 cm³/mol. The Kier molecular flexibility index (Phi) is 6.45. The minimum Gasteiger partial charge on any atom is -0.506 e. The Hall–Kier alpha value is -3.28. The third-order valence-electron chi connectivity index (χ3n) is 4.74. The summed E-state index contributed by atoms with van der Waals surface area (Å²) in [7, 11) is 0. The Morgan fingerprint density at radius 1 is 1.07 bits per heavy atom. The van der Waals surface area contributed by atoms with Crippen molar-refractivity contribution in [1.82, 2.24) is 4.90 Å². The van der Waals surface area contributed by atoms with Gasteiger partial charge in [0.25, 0.3) is 5.91 Å². The van der Waals surface area contributed by atoms with E-state index in [1.54, 1.807) is 40.1 Å². The van der Waals surface area contributed by atoms with Crippen LogP contribution in [0.25, 0.3) is 0 Å². The lowest BCUT2D eigenvalue weighted by Crippen LogP contribution is -2.41. The van der Waals surface area contributed by atoms with Gasteiger partial charge in [0.05, 0.1) is 12.2 Å². The highest BCUT2D eigenvalue weighted by Gasteiger charge is 2.28. The van der Waals surface area contributed by atoms with Gasteiger partial charge in [0, 0.05) is 18.7 Å². The average molecular weight is 408 g/mol. The number of anilines is 1. The van der Waals surface area contributed by atoms with Crippen molar-refractivity contribution >= 4 is 17.7 Å². The summed E-state index contributed by atoms with van der Waals surface area (Å²) in [6.45, 7) is 6.54. The molecule has 0 atom stereocenters. The first kappa shape index (κ1) is 21.4. The second-order valence-corrected chi connectivity index (χ2v) is 8.27. The maximum absolute atomic E-state index is 13.4. The molecule has 2 amide bonds. The molecule has 1 heterocycles. The number of phenolic OH excluding ortho intramolecular Hbond substituents is 1. The van der Waals surface area contributed by atoms with Crippen LogP contribution in [-0.2, 0) is 16.1 Å². The lowest BCUT2D eigenvalue weighted by Gasteiger charge is -2.31. The highest BCUT2D eigenvalue weighted by atomic mass is 16.6. The molecule has 6 heteroatoms. The minimum absolute atomic E-state index is 0.0496. The summed E-state index contributed by atoms with van der Waals surface area (Å²) in [5.74, 6) is -0.127. The number of hydrogen-bond acceptors (Lipinski definition) is 4. The van der Waals surface area contributed by atoms with Crippen molar-refractivity contribution in [1.29, 1.82) is 0 Å². The first-order valence-corrected chi connectivity index (χ1v) is 10.1. The van der Waals surface area contributed by atoms with Gasteiger partial charge in [-0.15, -0.1) is 0 Å². The van der Waals surface area contributed by atoms with E-state index in [4.69, 9.17) is 4.74 Å². The van der Waals surface area contributed by atoms with Gasteiger partial charge in [0.1, 0.15) is 11.4 Å². The standard InChI is InChI=1S/C24H28N2O4/c1-24(2,3)30-23(29)25-15-13-19(14-16-25)22(28)26(17-18-9-5-4-6-10-18)20-11-7-8-12-21(20)27/h4-13,27H,14-17H2,1-3H3. The average Bonchev–Trinajstić information content (AvgIpc) is 2.72. The highest BCUT2D eigenvalue weighted by molar-refractivity contribution is 6.06. The number of ether oxygens (including phenoxy) is 1. The van der Waals surface area contributed by atoms with E-state index in [1.165, 1.54) is 0 Å². The van der Waals surface area contributed by atoms with Crippen LogP contribution in [0.1, 0.15) is 32.8 Å². The number of aromatic hydroxyl groups is 1. The Bertz CT molecular complexity index is 932. The van der Waals surface area contributed by atoms with Crippen molar-refractivity contribution in [2.24, 2.45) is 0 Å². The summed E-state index contributed by atoms with van der Waals surface area (Å²) in [5.41, 5.74) is 1.48. The number of rotatable bonds is 4. The van der Waals surface area contributed by atoms with Crippen LogP contribution in [0.15, 0.2) is 66.2 Å². The first-order chi connectivity index (χ1) is 14.2. The van der Waals surface area contributed by atoms with Gasteiger partial charge in [-0.25, -0.2) is 4.79 Å². The molecule has 6 nitrogen and oxygen atoms in total. The Balaban J connectivity index is 1.80. The molecule has 0 aromatic heterocycles. The second kappa shape index (κ2) is 9.03. The molecule has 2 aromatic carbocycles. The summed E-state index contributed by atoms with van der Waals surface area (Å²) in [6, 6.07) is 16.5. The quantitative estimate of drug-likeness (QED) is 0.809. The maximum atomic E-state index is 13.4. The molecule has 0 radical (unpaired) electrons. The number of amides is 2.